The van der Waals surface area contributed by atoms with Crippen LogP contribution in [0.2, 0.25) is 0 Å². The lowest BCUT2D eigenvalue weighted by atomic mass is 10.0. The van der Waals surface area contributed by atoms with E-state index in [1.54, 1.807) is 0 Å². The van der Waals surface area contributed by atoms with Crippen molar-refractivity contribution in [2.24, 2.45) is 5.92 Å². The lowest BCUT2D eigenvalue weighted by Gasteiger charge is -2.08. The van der Waals surface area contributed by atoms with Gasteiger partial charge in [0.25, 0.3) is 0 Å². The number of nitrogens with one attached hydrogen (secondary N) is 1. The molecule has 0 bridgehead atoms. The molecule has 0 radical (unpaired) electrons. The van der Waals surface area contributed by atoms with Crippen LogP contribution in [0.15, 0.2) is 12.7 Å². The van der Waals surface area contributed by atoms with E-state index in [9.17, 15) is 0 Å². The Kier molecular flexibility index (Phi) is 6.61. The molecule has 0 aliphatic heterocycles. The monoisotopic (exact) mass is 141 g/mol. The van der Waals surface area contributed by atoms with Gasteiger partial charge in [-0.3, -0.25) is 0 Å². The molecule has 1 unspecified atom stereocenters. The van der Waals surface area contributed by atoms with Crippen molar-refractivity contribution in [3.8, 4) is 0 Å². The van der Waals surface area contributed by atoms with Crippen LogP contribution in [0.4, 0.5) is 0 Å². The minimum Gasteiger partial charge on any atom is -0.320 e. The van der Waals surface area contributed by atoms with E-state index in [0.717, 1.165) is 18.9 Å². The third-order valence-corrected chi connectivity index (χ3v) is 1.75. The maximum absolute atomic E-state index is 3.70. The van der Waals surface area contributed by atoms with E-state index in [2.05, 4.69) is 18.8 Å². The van der Waals surface area contributed by atoms with Gasteiger partial charge in [0.2, 0.25) is 0 Å². The van der Waals surface area contributed by atoms with Gasteiger partial charge in [-0.2, -0.15) is 0 Å². The first kappa shape index (κ1) is 9.70. The molecule has 0 heterocycles. The zero-order chi connectivity index (χ0) is 7.82. The molecule has 0 saturated carbocycles. The normalized spacial score (nSPS) is 13.0. The van der Waals surface area contributed by atoms with Crippen LogP contribution in [0.1, 0.15) is 26.2 Å². The van der Waals surface area contributed by atoms with Gasteiger partial charge in [-0.25, -0.2) is 0 Å². The fourth-order valence-corrected chi connectivity index (χ4v) is 0.937. The smallest absolute Gasteiger partial charge is 0.00494 e. The van der Waals surface area contributed by atoms with Crippen LogP contribution in [-0.2, 0) is 0 Å². The third-order valence-electron chi connectivity index (χ3n) is 1.75. The first-order valence-electron chi connectivity index (χ1n) is 4.06. The Labute approximate surface area is 64.5 Å². The van der Waals surface area contributed by atoms with Crippen LogP contribution in [0.5, 0.6) is 0 Å². The number of hydrogen-bond donors (Lipinski definition) is 1. The fourth-order valence-electron chi connectivity index (χ4n) is 0.937. The summed E-state index contributed by atoms with van der Waals surface area (Å²) in [5, 5.41) is 3.15. The second-order valence-corrected chi connectivity index (χ2v) is 2.86. The van der Waals surface area contributed by atoms with Gasteiger partial charge in [0.15, 0.2) is 0 Å². The second kappa shape index (κ2) is 6.81. The molecule has 0 aromatic rings. The molecule has 1 atom stereocenters. The Bertz CT molecular complexity index is 78.8. The van der Waals surface area contributed by atoms with Crippen molar-refractivity contribution in [1.29, 1.82) is 0 Å². The van der Waals surface area contributed by atoms with Gasteiger partial charge < -0.3 is 5.32 Å². The summed E-state index contributed by atoms with van der Waals surface area (Å²) < 4.78 is 0. The lowest BCUT2D eigenvalue weighted by Crippen LogP contribution is -2.11. The average Bonchev–Trinajstić information content (AvgIpc) is 1.97. The van der Waals surface area contributed by atoms with Crippen molar-refractivity contribution in [2.75, 3.05) is 13.6 Å². The van der Waals surface area contributed by atoms with E-state index >= 15 is 0 Å². The van der Waals surface area contributed by atoms with Crippen LogP contribution >= 0.6 is 0 Å². The zero-order valence-corrected chi connectivity index (χ0v) is 7.19. The van der Waals surface area contributed by atoms with Crippen LogP contribution < -0.4 is 5.32 Å². The molecule has 0 rings (SSSR count). The van der Waals surface area contributed by atoms with Gasteiger partial charge in [-0.1, -0.05) is 13.0 Å². The highest BCUT2D eigenvalue weighted by Gasteiger charge is 1.97. The largest absolute Gasteiger partial charge is 0.320 e. The molecule has 1 nitrogen and oxygen atoms in total. The predicted octanol–water partition coefficient (Wildman–Crippen LogP) is 2.20. The van der Waals surface area contributed by atoms with Crippen molar-refractivity contribution >= 4 is 0 Å². The Morgan fingerprint density at radius 3 is 2.70 bits per heavy atom. The molecule has 0 aromatic carbocycles. The van der Waals surface area contributed by atoms with Crippen molar-refractivity contribution in [2.45, 2.75) is 26.2 Å². The molecule has 0 aromatic heterocycles. The van der Waals surface area contributed by atoms with Crippen LogP contribution in [0.25, 0.3) is 0 Å². The van der Waals surface area contributed by atoms with E-state index in [1.165, 1.54) is 12.8 Å². The van der Waals surface area contributed by atoms with Gasteiger partial charge in [-0.15, -0.1) is 6.58 Å². The van der Waals surface area contributed by atoms with Gasteiger partial charge in [0, 0.05) is 0 Å². The number of allylic oxidation sites excluding steroid dienone is 1. The Morgan fingerprint density at radius 2 is 2.20 bits per heavy atom. The van der Waals surface area contributed by atoms with E-state index in [0.29, 0.717) is 0 Å². The van der Waals surface area contributed by atoms with Gasteiger partial charge in [-0.05, 0) is 38.8 Å². The Hall–Kier alpha value is -0.300. The Balaban J connectivity index is 3.07. The summed E-state index contributed by atoms with van der Waals surface area (Å²) in [4.78, 5) is 0. The van der Waals surface area contributed by atoms with E-state index in [4.69, 9.17) is 0 Å². The highest BCUT2D eigenvalue weighted by molar-refractivity contribution is 4.68. The van der Waals surface area contributed by atoms with E-state index in [-0.39, 0.29) is 0 Å². The highest BCUT2D eigenvalue weighted by Crippen LogP contribution is 2.08. The van der Waals surface area contributed by atoms with Crippen molar-refractivity contribution in [3.63, 3.8) is 0 Å². The minimum absolute atomic E-state index is 0.838. The maximum atomic E-state index is 3.70. The third kappa shape index (κ3) is 5.83. The molecule has 0 amide bonds. The summed E-state index contributed by atoms with van der Waals surface area (Å²) in [6, 6.07) is 0. The predicted molar refractivity (Wildman–Crippen MR) is 47.1 cm³/mol. The topological polar surface area (TPSA) is 12.0 Å². The van der Waals surface area contributed by atoms with Crippen LogP contribution in [-0.4, -0.2) is 13.6 Å². The molecule has 1 heteroatoms. The first-order valence-corrected chi connectivity index (χ1v) is 4.06. The molecular weight excluding hydrogens is 122 g/mol. The molecule has 60 valence electrons. The Morgan fingerprint density at radius 1 is 1.50 bits per heavy atom. The molecule has 0 aliphatic carbocycles. The molecular formula is C9H19N. The summed E-state index contributed by atoms with van der Waals surface area (Å²) in [7, 11) is 2.00. The zero-order valence-electron chi connectivity index (χ0n) is 7.19. The minimum atomic E-state index is 0.838. The summed E-state index contributed by atoms with van der Waals surface area (Å²) in [6.07, 6.45) is 5.72. The SMILES string of the molecule is C=CCCC(C)CCNC. The van der Waals surface area contributed by atoms with E-state index < -0.39 is 0 Å². The average molecular weight is 141 g/mol. The maximum Gasteiger partial charge on any atom is -0.00494 e. The quantitative estimate of drug-likeness (QED) is 0.559. The van der Waals surface area contributed by atoms with Gasteiger partial charge >= 0.3 is 0 Å². The molecule has 1 N–H and O–H groups in total. The lowest BCUT2D eigenvalue weighted by molar-refractivity contribution is 0.486. The van der Waals surface area contributed by atoms with Crippen molar-refractivity contribution in [1.82, 2.24) is 5.32 Å². The van der Waals surface area contributed by atoms with Crippen molar-refractivity contribution < 1.29 is 0 Å². The number of hydrogen-bond acceptors (Lipinski definition) is 1. The standard InChI is InChI=1S/C9H19N/c1-4-5-6-9(2)7-8-10-3/h4,9-10H,1,5-8H2,2-3H3. The molecule has 0 saturated heterocycles. The van der Waals surface area contributed by atoms with Crippen LogP contribution in [0.3, 0.4) is 0 Å². The van der Waals surface area contributed by atoms with Crippen LogP contribution in [0, 0.1) is 5.92 Å². The first-order chi connectivity index (χ1) is 4.81. The molecule has 10 heavy (non-hydrogen) atoms. The molecule has 0 fully saturated rings. The summed E-state index contributed by atoms with van der Waals surface area (Å²) >= 11 is 0. The summed E-state index contributed by atoms with van der Waals surface area (Å²) in [5.74, 6) is 0.838. The molecule has 0 aliphatic rings. The highest BCUT2D eigenvalue weighted by atomic mass is 14.8. The summed E-state index contributed by atoms with van der Waals surface area (Å²) in [6.45, 7) is 7.13. The number of rotatable bonds is 6. The second-order valence-electron chi connectivity index (χ2n) is 2.86. The fraction of sp³-hybridized carbons (Fsp3) is 0.778. The van der Waals surface area contributed by atoms with Gasteiger partial charge in [0.1, 0.15) is 0 Å². The molecule has 0 spiro atoms. The summed E-state index contributed by atoms with van der Waals surface area (Å²) in [5.41, 5.74) is 0. The van der Waals surface area contributed by atoms with Gasteiger partial charge in [0.05, 0.1) is 0 Å². The van der Waals surface area contributed by atoms with E-state index in [1.807, 2.05) is 13.1 Å². The van der Waals surface area contributed by atoms with Crippen molar-refractivity contribution in [3.05, 3.63) is 12.7 Å².